The predicted octanol–water partition coefficient (Wildman–Crippen LogP) is 3.93. The standard InChI is InChI=1S/C25H29N3O4/c1-17-5-7-19(8-6-17)24-26-21(18(2)32-24)16-27-11-13-28(14-12-27)25(29)20-9-10-22(30-3)23(15-20)31-4/h5-10,15H,11-14,16H2,1-4H3. The number of amides is 1. The summed E-state index contributed by atoms with van der Waals surface area (Å²) in [6.07, 6.45) is 0. The highest BCUT2D eigenvalue weighted by Gasteiger charge is 2.24. The van der Waals surface area contributed by atoms with E-state index in [9.17, 15) is 4.79 Å². The summed E-state index contributed by atoms with van der Waals surface area (Å²) in [6, 6.07) is 13.5. The molecule has 0 spiro atoms. The Balaban J connectivity index is 1.37. The van der Waals surface area contributed by atoms with Crippen molar-refractivity contribution in [2.24, 2.45) is 0 Å². The van der Waals surface area contributed by atoms with Gasteiger partial charge in [-0.05, 0) is 44.2 Å². The van der Waals surface area contributed by atoms with E-state index in [1.165, 1.54) is 5.56 Å². The zero-order chi connectivity index (χ0) is 22.7. The maximum atomic E-state index is 13.0. The fraction of sp³-hybridized carbons (Fsp3) is 0.360. The normalized spacial score (nSPS) is 14.4. The van der Waals surface area contributed by atoms with E-state index < -0.39 is 0 Å². The molecule has 32 heavy (non-hydrogen) atoms. The fourth-order valence-electron chi connectivity index (χ4n) is 3.87. The van der Waals surface area contributed by atoms with Crippen LogP contribution in [0.2, 0.25) is 0 Å². The van der Waals surface area contributed by atoms with Crippen LogP contribution in [0, 0.1) is 13.8 Å². The van der Waals surface area contributed by atoms with Crippen molar-refractivity contribution in [2.75, 3.05) is 40.4 Å². The Morgan fingerprint density at radius 1 is 0.969 bits per heavy atom. The van der Waals surface area contributed by atoms with Crippen LogP contribution in [-0.2, 0) is 6.54 Å². The summed E-state index contributed by atoms with van der Waals surface area (Å²) in [5, 5.41) is 0. The number of methoxy groups -OCH3 is 2. The Kier molecular flexibility index (Phi) is 6.46. The Hall–Kier alpha value is -3.32. The van der Waals surface area contributed by atoms with Gasteiger partial charge in [0, 0.05) is 43.9 Å². The molecule has 1 amide bonds. The number of hydrogen-bond donors (Lipinski definition) is 0. The van der Waals surface area contributed by atoms with Gasteiger partial charge in [0.25, 0.3) is 5.91 Å². The second-order valence-corrected chi connectivity index (χ2v) is 8.03. The monoisotopic (exact) mass is 435 g/mol. The van der Waals surface area contributed by atoms with Gasteiger partial charge in [-0.15, -0.1) is 0 Å². The maximum absolute atomic E-state index is 13.0. The highest BCUT2D eigenvalue weighted by Crippen LogP contribution is 2.28. The Labute approximate surface area is 188 Å². The summed E-state index contributed by atoms with van der Waals surface area (Å²) in [4.78, 5) is 21.9. The van der Waals surface area contributed by atoms with Gasteiger partial charge in [-0.2, -0.15) is 0 Å². The van der Waals surface area contributed by atoms with E-state index in [0.29, 0.717) is 42.6 Å². The number of oxazole rings is 1. The van der Waals surface area contributed by atoms with Crippen molar-refractivity contribution in [3.8, 4) is 23.0 Å². The third-order valence-electron chi connectivity index (χ3n) is 5.85. The topological polar surface area (TPSA) is 68.0 Å². The summed E-state index contributed by atoms with van der Waals surface area (Å²) < 4.78 is 16.5. The maximum Gasteiger partial charge on any atom is 0.254 e. The van der Waals surface area contributed by atoms with E-state index in [-0.39, 0.29) is 5.91 Å². The van der Waals surface area contributed by atoms with Gasteiger partial charge in [-0.3, -0.25) is 9.69 Å². The molecule has 2 aromatic carbocycles. The second kappa shape index (κ2) is 9.44. The zero-order valence-electron chi connectivity index (χ0n) is 19.1. The first kappa shape index (κ1) is 21.9. The highest BCUT2D eigenvalue weighted by molar-refractivity contribution is 5.95. The largest absolute Gasteiger partial charge is 0.493 e. The van der Waals surface area contributed by atoms with E-state index >= 15 is 0 Å². The molecule has 1 fully saturated rings. The van der Waals surface area contributed by atoms with Crippen LogP contribution >= 0.6 is 0 Å². The molecule has 2 heterocycles. The van der Waals surface area contributed by atoms with Crippen LogP contribution in [0.3, 0.4) is 0 Å². The SMILES string of the molecule is COc1ccc(C(=O)N2CCN(Cc3nc(-c4ccc(C)cc4)oc3C)CC2)cc1OC. The third-order valence-corrected chi connectivity index (χ3v) is 5.85. The Bertz CT molecular complexity index is 1080. The minimum atomic E-state index is 0.00452. The smallest absolute Gasteiger partial charge is 0.254 e. The molecule has 4 rings (SSSR count). The summed E-state index contributed by atoms with van der Waals surface area (Å²) in [5.41, 5.74) is 3.74. The number of benzene rings is 2. The van der Waals surface area contributed by atoms with E-state index in [0.717, 1.165) is 30.1 Å². The molecule has 0 saturated carbocycles. The van der Waals surface area contributed by atoms with Crippen molar-refractivity contribution in [1.82, 2.24) is 14.8 Å². The summed E-state index contributed by atoms with van der Waals surface area (Å²) in [7, 11) is 3.15. The van der Waals surface area contributed by atoms with Crippen molar-refractivity contribution < 1.29 is 18.7 Å². The molecule has 3 aromatic rings. The zero-order valence-corrected chi connectivity index (χ0v) is 19.1. The van der Waals surface area contributed by atoms with Crippen LogP contribution in [0.25, 0.3) is 11.5 Å². The van der Waals surface area contributed by atoms with E-state index in [1.54, 1.807) is 32.4 Å². The first-order valence-electron chi connectivity index (χ1n) is 10.8. The van der Waals surface area contributed by atoms with Gasteiger partial charge >= 0.3 is 0 Å². The highest BCUT2D eigenvalue weighted by atomic mass is 16.5. The van der Waals surface area contributed by atoms with Crippen LogP contribution < -0.4 is 9.47 Å². The number of carbonyl (C=O) groups excluding carboxylic acids is 1. The van der Waals surface area contributed by atoms with Crippen molar-refractivity contribution in [1.29, 1.82) is 0 Å². The van der Waals surface area contributed by atoms with Crippen LogP contribution in [0.15, 0.2) is 46.9 Å². The Morgan fingerprint density at radius 2 is 1.66 bits per heavy atom. The van der Waals surface area contributed by atoms with E-state index in [1.807, 2.05) is 24.0 Å². The van der Waals surface area contributed by atoms with Gasteiger partial charge < -0.3 is 18.8 Å². The molecule has 7 heteroatoms. The predicted molar refractivity (Wildman–Crippen MR) is 122 cm³/mol. The average molecular weight is 436 g/mol. The van der Waals surface area contributed by atoms with Gasteiger partial charge in [0.15, 0.2) is 11.5 Å². The van der Waals surface area contributed by atoms with Gasteiger partial charge in [0.2, 0.25) is 5.89 Å². The first-order chi connectivity index (χ1) is 15.5. The number of aryl methyl sites for hydroxylation is 2. The van der Waals surface area contributed by atoms with Gasteiger partial charge in [0.05, 0.1) is 19.9 Å². The quantitative estimate of drug-likeness (QED) is 0.584. The average Bonchev–Trinajstić information content (AvgIpc) is 3.19. The number of carbonyl (C=O) groups is 1. The molecule has 7 nitrogen and oxygen atoms in total. The van der Waals surface area contributed by atoms with Crippen LogP contribution in [0.1, 0.15) is 27.4 Å². The number of hydrogen-bond acceptors (Lipinski definition) is 6. The van der Waals surface area contributed by atoms with Crippen molar-refractivity contribution in [3.63, 3.8) is 0 Å². The van der Waals surface area contributed by atoms with Crippen LogP contribution in [0.4, 0.5) is 0 Å². The van der Waals surface area contributed by atoms with Gasteiger partial charge in [-0.25, -0.2) is 4.98 Å². The molecule has 0 atom stereocenters. The number of piperazine rings is 1. The molecule has 0 N–H and O–H groups in total. The molecule has 1 aliphatic rings. The molecule has 1 saturated heterocycles. The van der Waals surface area contributed by atoms with E-state index in [2.05, 4.69) is 24.0 Å². The Morgan fingerprint density at radius 3 is 2.31 bits per heavy atom. The number of ether oxygens (including phenoxy) is 2. The van der Waals surface area contributed by atoms with Crippen LogP contribution in [0.5, 0.6) is 11.5 Å². The molecule has 0 radical (unpaired) electrons. The second-order valence-electron chi connectivity index (χ2n) is 8.03. The van der Waals surface area contributed by atoms with Gasteiger partial charge in [0.1, 0.15) is 5.76 Å². The summed E-state index contributed by atoms with van der Waals surface area (Å²) in [6.45, 7) is 7.61. The molecule has 1 aliphatic heterocycles. The van der Waals surface area contributed by atoms with Crippen molar-refractivity contribution in [2.45, 2.75) is 20.4 Å². The number of rotatable bonds is 6. The molecular formula is C25H29N3O4. The first-order valence-corrected chi connectivity index (χ1v) is 10.8. The summed E-state index contributed by atoms with van der Waals surface area (Å²) >= 11 is 0. The molecule has 0 bridgehead atoms. The summed E-state index contributed by atoms with van der Waals surface area (Å²) in [5.74, 6) is 2.67. The lowest BCUT2D eigenvalue weighted by Gasteiger charge is -2.34. The lowest BCUT2D eigenvalue weighted by molar-refractivity contribution is 0.0626. The minimum absolute atomic E-state index is 0.00452. The third kappa shape index (κ3) is 4.62. The molecule has 0 aliphatic carbocycles. The van der Waals surface area contributed by atoms with Crippen molar-refractivity contribution >= 4 is 5.91 Å². The molecule has 1 aromatic heterocycles. The lowest BCUT2D eigenvalue weighted by Crippen LogP contribution is -2.48. The molecule has 0 unspecified atom stereocenters. The van der Waals surface area contributed by atoms with Crippen LogP contribution in [-0.4, -0.2) is 61.1 Å². The molecular weight excluding hydrogens is 406 g/mol. The lowest BCUT2D eigenvalue weighted by atomic mass is 10.1. The van der Waals surface area contributed by atoms with E-state index in [4.69, 9.17) is 18.9 Å². The number of aromatic nitrogens is 1. The number of nitrogens with zero attached hydrogens (tertiary/aromatic N) is 3. The van der Waals surface area contributed by atoms with Crippen molar-refractivity contribution in [3.05, 3.63) is 65.0 Å². The fourth-order valence-corrected chi connectivity index (χ4v) is 3.87. The molecule has 168 valence electrons. The van der Waals surface area contributed by atoms with Gasteiger partial charge in [-0.1, -0.05) is 17.7 Å². The minimum Gasteiger partial charge on any atom is -0.493 e.